The standard InChI is InChI=1S/C52H33NS2/c1-2-10-37-32-40(20-19-34(37)9-1)39-12-7-11-38(31-39)35-21-26-42(27-22-35)53(48-16-8-15-46-44-13-3-6-18-50(44)55-52(46)48)43-28-23-36(24-29-43)41-25-30-51-47(33-41)45-14-4-5-17-49(45)54-51/h1-33H. The lowest BCUT2D eigenvalue weighted by Crippen LogP contribution is -2.10. The van der Waals surface area contributed by atoms with Crippen molar-refractivity contribution >= 4 is 90.9 Å². The maximum atomic E-state index is 2.42. The van der Waals surface area contributed by atoms with Gasteiger partial charge in [0.2, 0.25) is 0 Å². The first-order valence-electron chi connectivity index (χ1n) is 18.7. The molecule has 11 aromatic rings. The average molecular weight is 736 g/mol. The van der Waals surface area contributed by atoms with Gasteiger partial charge < -0.3 is 4.90 Å². The Labute approximate surface area is 327 Å². The third-order valence-electron chi connectivity index (χ3n) is 10.9. The Morgan fingerprint density at radius 3 is 1.55 bits per heavy atom. The Bertz CT molecular complexity index is 3200. The van der Waals surface area contributed by atoms with Crippen LogP contribution in [0.3, 0.4) is 0 Å². The van der Waals surface area contributed by atoms with Gasteiger partial charge in [0.15, 0.2) is 0 Å². The molecule has 0 bridgehead atoms. The summed E-state index contributed by atoms with van der Waals surface area (Å²) in [4.78, 5) is 2.42. The van der Waals surface area contributed by atoms with Gasteiger partial charge >= 0.3 is 0 Å². The molecule has 2 aromatic heterocycles. The van der Waals surface area contributed by atoms with Crippen LogP contribution < -0.4 is 4.90 Å². The molecule has 0 aliphatic heterocycles. The van der Waals surface area contributed by atoms with E-state index in [1.807, 2.05) is 22.7 Å². The van der Waals surface area contributed by atoms with Crippen molar-refractivity contribution in [1.29, 1.82) is 0 Å². The highest BCUT2D eigenvalue weighted by Crippen LogP contribution is 2.45. The zero-order valence-electron chi connectivity index (χ0n) is 29.8. The summed E-state index contributed by atoms with van der Waals surface area (Å²) in [6, 6.07) is 73.4. The van der Waals surface area contributed by atoms with Gasteiger partial charge in [0.1, 0.15) is 0 Å². The van der Waals surface area contributed by atoms with Crippen molar-refractivity contribution in [2.75, 3.05) is 4.90 Å². The molecule has 11 rings (SSSR count). The first-order chi connectivity index (χ1) is 27.2. The van der Waals surface area contributed by atoms with Gasteiger partial charge in [0.25, 0.3) is 0 Å². The zero-order chi connectivity index (χ0) is 36.3. The number of anilines is 3. The third kappa shape index (κ3) is 5.60. The van der Waals surface area contributed by atoms with Gasteiger partial charge in [0, 0.05) is 47.0 Å². The van der Waals surface area contributed by atoms with E-state index in [2.05, 4.69) is 205 Å². The van der Waals surface area contributed by atoms with E-state index in [4.69, 9.17) is 0 Å². The second kappa shape index (κ2) is 13.1. The molecular weight excluding hydrogens is 703 g/mol. The van der Waals surface area contributed by atoms with E-state index in [9.17, 15) is 0 Å². The number of fused-ring (bicyclic) bond motifs is 7. The third-order valence-corrected chi connectivity index (χ3v) is 13.2. The van der Waals surface area contributed by atoms with Crippen molar-refractivity contribution in [2.45, 2.75) is 0 Å². The van der Waals surface area contributed by atoms with Crippen molar-refractivity contribution in [3.8, 4) is 33.4 Å². The lowest BCUT2D eigenvalue weighted by Gasteiger charge is -2.26. The van der Waals surface area contributed by atoms with Crippen LogP contribution >= 0.6 is 22.7 Å². The van der Waals surface area contributed by atoms with Crippen LogP contribution in [0.25, 0.3) is 84.5 Å². The van der Waals surface area contributed by atoms with E-state index in [1.54, 1.807) is 0 Å². The van der Waals surface area contributed by atoms with E-state index >= 15 is 0 Å². The molecule has 0 unspecified atom stereocenters. The molecule has 3 heteroatoms. The van der Waals surface area contributed by atoms with Gasteiger partial charge in [-0.05, 0) is 111 Å². The Morgan fingerprint density at radius 2 is 0.800 bits per heavy atom. The van der Waals surface area contributed by atoms with Crippen LogP contribution in [0.15, 0.2) is 200 Å². The summed E-state index contributed by atoms with van der Waals surface area (Å²) in [6.07, 6.45) is 0. The van der Waals surface area contributed by atoms with E-state index in [1.165, 1.54) is 90.2 Å². The van der Waals surface area contributed by atoms with Crippen molar-refractivity contribution in [2.24, 2.45) is 0 Å². The zero-order valence-corrected chi connectivity index (χ0v) is 31.4. The minimum absolute atomic E-state index is 1.12. The fourth-order valence-corrected chi connectivity index (χ4v) is 10.4. The second-order valence-electron chi connectivity index (χ2n) is 14.1. The molecule has 0 aliphatic rings. The molecular formula is C52H33NS2. The maximum absolute atomic E-state index is 2.42. The number of nitrogens with zero attached hydrogens (tertiary/aromatic N) is 1. The van der Waals surface area contributed by atoms with Crippen molar-refractivity contribution in [3.05, 3.63) is 200 Å². The number of hydrogen-bond acceptors (Lipinski definition) is 3. The Balaban J connectivity index is 0.994. The maximum Gasteiger partial charge on any atom is 0.0640 e. The van der Waals surface area contributed by atoms with E-state index in [-0.39, 0.29) is 0 Å². The summed E-state index contributed by atoms with van der Waals surface area (Å²) in [5.41, 5.74) is 10.7. The molecule has 0 aliphatic carbocycles. The van der Waals surface area contributed by atoms with Crippen molar-refractivity contribution < 1.29 is 0 Å². The van der Waals surface area contributed by atoms with Gasteiger partial charge in [-0.1, -0.05) is 133 Å². The molecule has 9 aromatic carbocycles. The lowest BCUT2D eigenvalue weighted by atomic mass is 9.97. The predicted molar refractivity (Wildman–Crippen MR) is 241 cm³/mol. The van der Waals surface area contributed by atoms with Crippen LogP contribution in [0.5, 0.6) is 0 Å². The van der Waals surface area contributed by atoms with Gasteiger partial charge in [-0.2, -0.15) is 0 Å². The van der Waals surface area contributed by atoms with Gasteiger partial charge in [-0.3, -0.25) is 0 Å². The first-order valence-corrected chi connectivity index (χ1v) is 20.3. The molecule has 258 valence electrons. The lowest BCUT2D eigenvalue weighted by molar-refractivity contribution is 1.30. The molecule has 0 atom stereocenters. The molecule has 0 radical (unpaired) electrons. The Morgan fingerprint density at radius 1 is 0.291 bits per heavy atom. The van der Waals surface area contributed by atoms with Crippen LogP contribution in [-0.2, 0) is 0 Å². The largest absolute Gasteiger partial charge is 0.309 e. The monoisotopic (exact) mass is 735 g/mol. The highest BCUT2D eigenvalue weighted by molar-refractivity contribution is 7.26. The van der Waals surface area contributed by atoms with E-state index in [0.717, 1.165) is 11.4 Å². The Kier molecular flexibility index (Phi) is 7.61. The summed E-state index contributed by atoms with van der Waals surface area (Å²) < 4.78 is 5.25. The smallest absolute Gasteiger partial charge is 0.0640 e. The van der Waals surface area contributed by atoms with Gasteiger partial charge in [-0.15, -0.1) is 22.7 Å². The Hall–Kier alpha value is -6.52. The van der Waals surface area contributed by atoms with Crippen molar-refractivity contribution in [1.82, 2.24) is 0 Å². The number of thiophene rings is 2. The fraction of sp³-hybridized carbons (Fsp3) is 0. The highest BCUT2D eigenvalue weighted by Gasteiger charge is 2.19. The molecule has 55 heavy (non-hydrogen) atoms. The molecule has 0 saturated heterocycles. The SMILES string of the molecule is c1cc(-c2ccc(N(c3ccc(-c4ccc5sc6ccccc6c5c4)cc3)c3cccc4c3sc3ccccc34)cc2)cc(-c2ccc3ccccc3c2)c1. The van der Waals surface area contributed by atoms with Gasteiger partial charge in [0.05, 0.1) is 10.4 Å². The molecule has 0 N–H and O–H groups in total. The van der Waals surface area contributed by atoms with E-state index in [0.29, 0.717) is 0 Å². The van der Waals surface area contributed by atoms with Crippen molar-refractivity contribution in [3.63, 3.8) is 0 Å². The second-order valence-corrected chi connectivity index (χ2v) is 16.3. The first kappa shape index (κ1) is 32.0. The van der Waals surface area contributed by atoms with Crippen LogP contribution in [0.1, 0.15) is 0 Å². The summed E-state index contributed by atoms with van der Waals surface area (Å²) in [5, 5.41) is 7.76. The predicted octanol–water partition coefficient (Wildman–Crippen LogP) is 16.0. The van der Waals surface area contributed by atoms with Crippen LogP contribution in [0.2, 0.25) is 0 Å². The number of hydrogen-bond donors (Lipinski definition) is 0. The van der Waals surface area contributed by atoms with Crippen LogP contribution in [0, 0.1) is 0 Å². The summed E-state index contributed by atoms with van der Waals surface area (Å²) in [7, 11) is 0. The van der Waals surface area contributed by atoms with Crippen LogP contribution in [0.4, 0.5) is 17.1 Å². The summed E-state index contributed by atoms with van der Waals surface area (Å²) in [5.74, 6) is 0. The summed E-state index contributed by atoms with van der Waals surface area (Å²) >= 11 is 3.73. The molecule has 0 spiro atoms. The normalized spacial score (nSPS) is 11.6. The molecule has 2 heterocycles. The minimum Gasteiger partial charge on any atom is -0.309 e. The van der Waals surface area contributed by atoms with Gasteiger partial charge in [-0.25, -0.2) is 0 Å². The molecule has 0 amide bonds. The number of benzene rings is 9. The average Bonchev–Trinajstić information content (AvgIpc) is 3.83. The fourth-order valence-electron chi connectivity index (χ4n) is 8.09. The van der Waals surface area contributed by atoms with E-state index < -0.39 is 0 Å². The highest BCUT2D eigenvalue weighted by atomic mass is 32.1. The topological polar surface area (TPSA) is 3.24 Å². The molecule has 0 saturated carbocycles. The minimum atomic E-state index is 1.12. The quantitative estimate of drug-likeness (QED) is 0.164. The molecule has 0 fully saturated rings. The number of rotatable bonds is 6. The summed E-state index contributed by atoms with van der Waals surface area (Å²) in [6.45, 7) is 0. The van der Waals surface area contributed by atoms with Crippen LogP contribution in [-0.4, -0.2) is 0 Å². The molecule has 1 nitrogen and oxygen atoms in total.